The number of hydrogen-bond donors (Lipinski definition) is 2. The van der Waals surface area contributed by atoms with Crippen LogP contribution in [0.2, 0.25) is 0 Å². The average Bonchev–Trinajstić information content (AvgIpc) is 2.83. The summed E-state index contributed by atoms with van der Waals surface area (Å²) in [5.41, 5.74) is 5.55. The molecule has 1 aromatic carbocycles. The number of aliphatic hydroxyl groups is 1. The molecular weight excluding hydrogens is 230 g/mol. The molecule has 1 unspecified atom stereocenters. The highest BCUT2D eigenvalue weighted by Crippen LogP contribution is 2.35. The van der Waals surface area contributed by atoms with E-state index in [1.807, 2.05) is 23.9 Å². The molecule has 0 aliphatic heterocycles. The first-order valence-electron chi connectivity index (χ1n) is 6.31. The van der Waals surface area contributed by atoms with E-state index >= 15 is 0 Å². The van der Waals surface area contributed by atoms with E-state index in [0.717, 1.165) is 10.8 Å². The van der Waals surface area contributed by atoms with E-state index in [2.05, 4.69) is 12.1 Å². The molecule has 94 valence electrons. The number of nitrogens with two attached hydrogens (primary N) is 1. The van der Waals surface area contributed by atoms with E-state index in [0.29, 0.717) is 0 Å². The van der Waals surface area contributed by atoms with Crippen LogP contribution in [0.25, 0.3) is 0 Å². The van der Waals surface area contributed by atoms with E-state index in [1.54, 1.807) is 6.92 Å². The molecule has 3 heteroatoms. The molecule has 1 aliphatic rings. The van der Waals surface area contributed by atoms with Crippen molar-refractivity contribution in [1.29, 1.82) is 0 Å². The first kappa shape index (κ1) is 12.9. The van der Waals surface area contributed by atoms with Crippen molar-refractivity contribution in [2.24, 2.45) is 5.73 Å². The average molecular weight is 251 g/mol. The van der Waals surface area contributed by atoms with Gasteiger partial charge in [0.2, 0.25) is 0 Å². The summed E-state index contributed by atoms with van der Waals surface area (Å²) in [6.45, 7) is 2.01. The second kappa shape index (κ2) is 5.42. The Morgan fingerprint density at radius 2 is 1.88 bits per heavy atom. The number of hydrogen-bond acceptors (Lipinski definition) is 3. The molecule has 1 aliphatic carbocycles. The van der Waals surface area contributed by atoms with Crippen molar-refractivity contribution in [3.8, 4) is 0 Å². The van der Waals surface area contributed by atoms with Crippen molar-refractivity contribution < 1.29 is 5.11 Å². The maximum absolute atomic E-state index is 10.0. The fraction of sp³-hybridized carbons (Fsp3) is 0.571. The van der Waals surface area contributed by atoms with Crippen molar-refractivity contribution in [3.63, 3.8) is 0 Å². The molecule has 2 nitrogen and oxygen atoms in total. The molecule has 1 saturated carbocycles. The highest BCUT2D eigenvalue weighted by atomic mass is 32.2. The van der Waals surface area contributed by atoms with Crippen LogP contribution in [-0.4, -0.2) is 16.9 Å². The second-order valence-corrected chi connectivity index (χ2v) is 6.40. The lowest BCUT2D eigenvalue weighted by molar-refractivity contribution is 0.0668. The lowest BCUT2D eigenvalue weighted by Crippen LogP contribution is -2.31. The first-order valence-corrected chi connectivity index (χ1v) is 7.19. The van der Waals surface area contributed by atoms with Gasteiger partial charge in [-0.05, 0) is 37.5 Å². The minimum Gasteiger partial charge on any atom is -0.384 e. The molecule has 1 atom stereocenters. The van der Waals surface area contributed by atoms with Gasteiger partial charge in [0.05, 0.1) is 5.60 Å². The molecule has 3 N–H and O–H groups in total. The first-order chi connectivity index (χ1) is 8.12. The lowest BCUT2D eigenvalue weighted by Gasteiger charge is -2.21. The van der Waals surface area contributed by atoms with Crippen LogP contribution in [0, 0.1) is 0 Å². The van der Waals surface area contributed by atoms with Crippen LogP contribution in [0.15, 0.2) is 29.2 Å². The molecule has 2 rings (SSSR count). The van der Waals surface area contributed by atoms with Crippen molar-refractivity contribution >= 4 is 11.8 Å². The summed E-state index contributed by atoms with van der Waals surface area (Å²) in [5, 5.41) is 10.8. The van der Waals surface area contributed by atoms with Crippen LogP contribution < -0.4 is 5.73 Å². The maximum Gasteiger partial charge on any atom is 0.0990 e. The fourth-order valence-electron chi connectivity index (χ4n) is 2.21. The van der Waals surface area contributed by atoms with Crippen LogP contribution >= 0.6 is 11.8 Å². The van der Waals surface area contributed by atoms with Gasteiger partial charge in [0.25, 0.3) is 0 Å². The SMILES string of the molecule is CC(O)(CN)c1ccc(SC2CCCC2)cc1. The molecule has 0 amide bonds. The molecule has 0 heterocycles. The van der Waals surface area contributed by atoms with Gasteiger partial charge in [-0.3, -0.25) is 0 Å². The molecule has 0 bridgehead atoms. The standard InChI is InChI=1S/C14H21NOS/c1-14(16,10-15)11-6-8-13(9-7-11)17-12-4-2-3-5-12/h6-9,12,16H,2-5,10,15H2,1H3. The summed E-state index contributed by atoms with van der Waals surface area (Å²) in [4.78, 5) is 1.30. The van der Waals surface area contributed by atoms with E-state index in [4.69, 9.17) is 5.73 Å². The zero-order chi connectivity index (χ0) is 12.3. The summed E-state index contributed by atoms with van der Waals surface area (Å²) in [6, 6.07) is 8.18. The van der Waals surface area contributed by atoms with Gasteiger partial charge in [0.1, 0.15) is 0 Å². The van der Waals surface area contributed by atoms with Gasteiger partial charge in [0, 0.05) is 16.7 Å². The highest BCUT2D eigenvalue weighted by molar-refractivity contribution is 8.00. The van der Waals surface area contributed by atoms with Gasteiger partial charge in [-0.15, -0.1) is 11.8 Å². The Bertz CT molecular complexity index is 355. The quantitative estimate of drug-likeness (QED) is 0.865. The van der Waals surface area contributed by atoms with Crippen LogP contribution in [-0.2, 0) is 5.60 Å². The summed E-state index contributed by atoms with van der Waals surface area (Å²) < 4.78 is 0. The van der Waals surface area contributed by atoms with Crippen molar-refractivity contribution in [2.45, 2.75) is 48.4 Å². The molecule has 0 aromatic heterocycles. The second-order valence-electron chi connectivity index (χ2n) is 5.03. The maximum atomic E-state index is 10.0. The third kappa shape index (κ3) is 3.24. The van der Waals surface area contributed by atoms with Gasteiger partial charge in [-0.1, -0.05) is 25.0 Å². The number of thioether (sulfide) groups is 1. The van der Waals surface area contributed by atoms with E-state index in [-0.39, 0.29) is 6.54 Å². The normalized spacial score (nSPS) is 20.4. The van der Waals surface area contributed by atoms with Crippen LogP contribution in [0.3, 0.4) is 0 Å². The van der Waals surface area contributed by atoms with Gasteiger partial charge in [0.15, 0.2) is 0 Å². The van der Waals surface area contributed by atoms with Gasteiger partial charge >= 0.3 is 0 Å². The molecule has 0 saturated heterocycles. The third-order valence-electron chi connectivity index (χ3n) is 3.48. The van der Waals surface area contributed by atoms with Crippen molar-refractivity contribution in [2.75, 3.05) is 6.54 Å². The number of benzene rings is 1. The summed E-state index contributed by atoms with van der Waals surface area (Å²) >= 11 is 1.97. The lowest BCUT2D eigenvalue weighted by atomic mass is 9.97. The Morgan fingerprint density at radius 1 is 1.29 bits per heavy atom. The molecule has 1 fully saturated rings. The van der Waals surface area contributed by atoms with Gasteiger partial charge in [-0.2, -0.15) is 0 Å². The Balaban J connectivity index is 2.02. The minimum atomic E-state index is -0.906. The Labute approximate surface area is 108 Å². The molecule has 17 heavy (non-hydrogen) atoms. The summed E-state index contributed by atoms with van der Waals surface area (Å²) in [5.74, 6) is 0. The van der Waals surface area contributed by atoms with Gasteiger partial charge in [-0.25, -0.2) is 0 Å². The molecule has 0 radical (unpaired) electrons. The summed E-state index contributed by atoms with van der Waals surface area (Å²) in [7, 11) is 0. The zero-order valence-corrected chi connectivity index (χ0v) is 11.2. The monoisotopic (exact) mass is 251 g/mol. The topological polar surface area (TPSA) is 46.2 Å². The van der Waals surface area contributed by atoms with Crippen LogP contribution in [0.5, 0.6) is 0 Å². The molecular formula is C14H21NOS. The van der Waals surface area contributed by atoms with Gasteiger partial charge < -0.3 is 10.8 Å². The predicted molar refractivity (Wildman–Crippen MR) is 73.2 cm³/mol. The zero-order valence-electron chi connectivity index (χ0n) is 10.4. The van der Waals surface area contributed by atoms with Crippen LogP contribution in [0.1, 0.15) is 38.2 Å². The van der Waals surface area contributed by atoms with E-state index < -0.39 is 5.60 Å². The molecule has 1 aromatic rings. The van der Waals surface area contributed by atoms with Crippen LogP contribution in [0.4, 0.5) is 0 Å². The Kier molecular flexibility index (Phi) is 4.13. The fourth-order valence-corrected chi connectivity index (χ4v) is 3.46. The van der Waals surface area contributed by atoms with Crippen molar-refractivity contribution in [1.82, 2.24) is 0 Å². The van der Waals surface area contributed by atoms with E-state index in [1.165, 1.54) is 30.6 Å². The van der Waals surface area contributed by atoms with E-state index in [9.17, 15) is 5.11 Å². The third-order valence-corrected chi connectivity index (χ3v) is 4.83. The Hall–Kier alpha value is -0.510. The number of rotatable bonds is 4. The highest BCUT2D eigenvalue weighted by Gasteiger charge is 2.21. The van der Waals surface area contributed by atoms with Crippen molar-refractivity contribution in [3.05, 3.63) is 29.8 Å². The molecule has 0 spiro atoms. The minimum absolute atomic E-state index is 0.252. The Morgan fingerprint density at radius 3 is 2.41 bits per heavy atom. The smallest absolute Gasteiger partial charge is 0.0990 e. The summed E-state index contributed by atoms with van der Waals surface area (Å²) in [6.07, 6.45) is 5.43. The largest absolute Gasteiger partial charge is 0.384 e. The predicted octanol–water partition coefficient (Wildman–Crippen LogP) is 2.89.